The number of Topliss-reactive ketones (excluding diaryl/α,β-unsaturated/α-hetero) is 1. The number of esters is 1. The molecule has 1 rings (SSSR count). The Hall–Kier alpha value is -0.940. The van der Waals surface area contributed by atoms with Gasteiger partial charge in [0.15, 0.2) is 5.78 Å². The minimum absolute atomic E-state index is 0.241. The smallest absolute Gasteiger partial charge is 0.313 e. The first-order valence-corrected chi connectivity index (χ1v) is 4.79. The molecule has 1 aliphatic rings. The fraction of sp³-hybridized carbons (Fsp3) is 0.778. The van der Waals surface area contributed by atoms with E-state index in [0.29, 0.717) is 13.0 Å². The summed E-state index contributed by atoms with van der Waals surface area (Å²) < 4.78 is 4.65. The molecule has 1 fully saturated rings. The van der Waals surface area contributed by atoms with E-state index in [2.05, 4.69) is 4.74 Å². The minimum Gasteiger partial charge on any atom is -0.466 e. The van der Waals surface area contributed by atoms with Gasteiger partial charge in [-0.25, -0.2) is 0 Å². The van der Waals surface area contributed by atoms with Crippen molar-refractivity contribution in [2.75, 3.05) is 13.2 Å². The third kappa shape index (κ3) is 2.78. The van der Waals surface area contributed by atoms with E-state index in [1.165, 1.54) is 0 Å². The molecule has 0 aromatic heterocycles. The number of hydrogen-bond acceptors (Lipinski definition) is 5. The monoisotopic (exact) mass is 201 g/mol. The number of ketones is 1. The Labute approximate surface area is 82.6 Å². The molecule has 5 heteroatoms. The second-order valence-corrected chi connectivity index (χ2v) is 3.27. The van der Waals surface area contributed by atoms with Crippen LogP contribution in [0.3, 0.4) is 0 Å². The molecule has 0 radical (unpaired) electrons. The third-order valence-corrected chi connectivity index (χ3v) is 2.22. The van der Waals surface area contributed by atoms with Crippen LogP contribution in [-0.4, -0.2) is 41.2 Å². The van der Waals surface area contributed by atoms with Gasteiger partial charge in [0.25, 0.3) is 0 Å². The highest BCUT2D eigenvalue weighted by Gasteiger charge is 2.30. The van der Waals surface area contributed by atoms with Gasteiger partial charge in [-0.2, -0.15) is 5.06 Å². The number of hydrogen-bond donors (Lipinski definition) is 1. The summed E-state index contributed by atoms with van der Waals surface area (Å²) in [5.41, 5.74) is 0. The topological polar surface area (TPSA) is 66.8 Å². The maximum atomic E-state index is 11.4. The van der Waals surface area contributed by atoms with Crippen LogP contribution in [0.4, 0.5) is 0 Å². The molecule has 0 aromatic rings. The zero-order valence-electron chi connectivity index (χ0n) is 8.23. The van der Waals surface area contributed by atoms with Crippen molar-refractivity contribution in [3.63, 3.8) is 0 Å². The molecule has 1 atom stereocenters. The summed E-state index contributed by atoms with van der Waals surface area (Å²) in [6.07, 6.45) is 1.17. The molecule has 0 saturated carbocycles. The van der Waals surface area contributed by atoms with Crippen molar-refractivity contribution in [2.24, 2.45) is 0 Å². The van der Waals surface area contributed by atoms with Crippen LogP contribution in [0, 0.1) is 0 Å². The predicted molar refractivity (Wildman–Crippen MR) is 47.8 cm³/mol. The second kappa shape index (κ2) is 5.07. The summed E-state index contributed by atoms with van der Waals surface area (Å²) in [5.74, 6) is -0.777. The quantitative estimate of drug-likeness (QED) is 0.525. The van der Waals surface area contributed by atoms with E-state index in [9.17, 15) is 14.8 Å². The predicted octanol–water partition coefficient (Wildman–Crippen LogP) is 0.362. The molecule has 0 aromatic carbocycles. The number of ether oxygens (including phenoxy) is 1. The van der Waals surface area contributed by atoms with Gasteiger partial charge >= 0.3 is 5.97 Å². The Morgan fingerprint density at radius 1 is 1.57 bits per heavy atom. The van der Waals surface area contributed by atoms with Crippen molar-refractivity contribution in [3.05, 3.63) is 0 Å². The molecule has 0 bridgehead atoms. The summed E-state index contributed by atoms with van der Waals surface area (Å²) in [7, 11) is 0. The molecule has 14 heavy (non-hydrogen) atoms. The Balaban J connectivity index is 2.37. The summed E-state index contributed by atoms with van der Waals surface area (Å²) in [6, 6.07) is -0.514. The van der Waals surface area contributed by atoms with Crippen LogP contribution in [-0.2, 0) is 14.3 Å². The van der Waals surface area contributed by atoms with Gasteiger partial charge in [-0.1, -0.05) is 0 Å². The van der Waals surface area contributed by atoms with Crippen molar-refractivity contribution in [1.82, 2.24) is 5.06 Å². The standard InChI is InChI=1S/C9H15NO4/c1-2-14-9(12)6-8(11)7-4-3-5-10(7)13/h7,13H,2-6H2,1H3/t7-/m0/s1. The van der Waals surface area contributed by atoms with Gasteiger partial charge in [0.2, 0.25) is 0 Å². The molecular weight excluding hydrogens is 186 g/mol. The zero-order valence-corrected chi connectivity index (χ0v) is 8.23. The maximum absolute atomic E-state index is 11.4. The minimum atomic E-state index is -0.516. The lowest BCUT2D eigenvalue weighted by Gasteiger charge is -2.15. The highest BCUT2D eigenvalue weighted by atomic mass is 16.5. The lowest BCUT2D eigenvalue weighted by Crippen LogP contribution is -2.34. The Morgan fingerprint density at radius 2 is 2.29 bits per heavy atom. The largest absolute Gasteiger partial charge is 0.466 e. The summed E-state index contributed by atoms with van der Waals surface area (Å²) in [6.45, 7) is 2.47. The average molecular weight is 201 g/mol. The molecule has 0 amide bonds. The normalized spacial score (nSPS) is 22.3. The van der Waals surface area contributed by atoms with E-state index in [-0.39, 0.29) is 18.8 Å². The van der Waals surface area contributed by atoms with Crippen LogP contribution in [0.15, 0.2) is 0 Å². The molecule has 0 spiro atoms. The second-order valence-electron chi connectivity index (χ2n) is 3.27. The summed E-state index contributed by atoms with van der Waals surface area (Å²) in [4.78, 5) is 22.4. The van der Waals surface area contributed by atoms with E-state index in [1.807, 2.05) is 0 Å². The third-order valence-electron chi connectivity index (χ3n) is 2.22. The van der Waals surface area contributed by atoms with Crippen LogP contribution in [0.5, 0.6) is 0 Å². The Kier molecular flexibility index (Phi) is 4.03. The molecule has 1 N–H and O–H groups in total. The first kappa shape index (κ1) is 11.1. The first-order chi connectivity index (χ1) is 6.65. The van der Waals surface area contributed by atoms with Crippen molar-refractivity contribution in [2.45, 2.75) is 32.2 Å². The maximum Gasteiger partial charge on any atom is 0.313 e. The van der Waals surface area contributed by atoms with E-state index in [1.54, 1.807) is 6.92 Å². The number of hydroxylamine groups is 2. The molecular formula is C9H15NO4. The molecule has 80 valence electrons. The number of nitrogens with zero attached hydrogens (tertiary/aromatic N) is 1. The van der Waals surface area contributed by atoms with Crippen LogP contribution < -0.4 is 0 Å². The highest BCUT2D eigenvalue weighted by molar-refractivity contribution is 5.98. The highest BCUT2D eigenvalue weighted by Crippen LogP contribution is 2.16. The number of carbonyl (C=O) groups excluding carboxylic acids is 2. The SMILES string of the molecule is CCOC(=O)CC(=O)[C@@H]1CCCN1O. The van der Waals surface area contributed by atoms with Gasteiger partial charge in [-0.3, -0.25) is 9.59 Å². The van der Waals surface area contributed by atoms with E-state index in [0.717, 1.165) is 11.5 Å². The van der Waals surface area contributed by atoms with Gasteiger partial charge in [0.1, 0.15) is 6.42 Å². The molecule has 1 aliphatic heterocycles. The fourth-order valence-electron chi connectivity index (χ4n) is 1.55. The van der Waals surface area contributed by atoms with E-state index >= 15 is 0 Å². The van der Waals surface area contributed by atoms with Gasteiger partial charge in [0, 0.05) is 6.54 Å². The first-order valence-electron chi connectivity index (χ1n) is 4.79. The van der Waals surface area contributed by atoms with Crippen LogP contribution in [0.2, 0.25) is 0 Å². The van der Waals surface area contributed by atoms with Gasteiger partial charge in [-0.15, -0.1) is 0 Å². The van der Waals surface area contributed by atoms with Crippen molar-refractivity contribution in [1.29, 1.82) is 0 Å². The number of rotatable bonds is 4. The Morgan fingerprint density at radius 3 is 2.79 bits per heavy atom. The molecule has 1 heterocycles. The van der Waals surface area contributed by atoms with E-state index < -0.39 is 12.0 Å². The molecule has 5 nitrogen and oxygen atoms in total. The molecule has 1 saturated heterocycles. The Bertz CT molecular complexity index is 229. The fourth-order valence-corrected chi connectivity index (χ4v) is 1.55. The van der Waals surface area contributed by atoms with Crippen LogP contribution in [0.25, 0.3) is 0 Å². The van der Waals surface area contributed by atoms with Gasteiger partial charge < -0.3 is 9.94 Å². The zero-order chi connectivity index (χ0) is 10.6. The lowest BCUT2D eigenvalue weighted by atomic mass is 10.1. The van der Waals surface area contributed by atoms with Crippen molar-refractivity contribution in [3.8, 4) is 0 Å². The van der Waals surface area contributed by atoms with Crippen LogP contribution >= 0.6 is 0 Å². The lowest BCUT2D eigenvalue weighted by molar-refractivity contribution is -0.152. The molecule has 0 unspecified atom stereocenters. The number of carbonyl (C=O) groups is 2. The summed E-state index contributed by atoms with van der Waals surface area (Å²) >= 11 is 0. The van der Waals surface area contributed by atoms with Crippen molar-refractivity contribution < 1.29 is 19.5 Å². The average Bonchev–Trinajstić information content (AvgIpc) is 2.51. The van der Waals surface area contributed by atoms with Gasteiger partial charge in [-0.05, 0) is 19.8 Å². The van der Waals surface area contributed by atoms with Crippen LogP contribution in [0.1, 0.15) is 26.2 Å². The van der Waals surface area contributed by atoms with E-state index in [4.69, 9.17) is 0 Å². The van der Waals surface area contributed by atoms with Crippen molar-refractivity contribution >= 4 is 11.8 Å². The summed E-state index contributed by atoms with van der Waals surface area (Å²) in [5, 5.41) is 10.3. The molecule has 0 aliphatic carbocycles. The van der Waals surface area contributed by atoms with Gasteiger partial charge in [0.05, 0.1) is 12.6 Å².